The SMILES string of the molecule is C[C@@H](O)COc1ccc(N2CCN(Cc3ccc(C#N)cc3)C[C@H]2c2ccc(F)cc2)c(Cl)c1. The molecule has 1 fully saturated rings. The first kappa shape index (κ1) is 24.0. The van der Waals surface area contributed by atoms with Crippen LogP contribution >= 0.6 is 11.6 Å². The van der Waals surface area contributed by atoms with E-state index in [1.54, 1.807) is 13.0 Å². The van der Waals surface area contributed by atoms with Gasteiger partial charge in [0.05, 0.1) is 34.5 Å². The van der Waals surface area contributed by atoms with Gasteiger partial charge in [0, 0.05) is 32.2 Å². The lowest BCUT2D eigenvalue weighted by molar-refractivity contribution is 0.123. The summed E-state index contributed by atoms with van der Waals surface area (Å²) in [5.74, 6) is 0.339. The highest BCUT2D eigenvalue weighted by molar-refractivity contribution is 6.33. The molecule has 7 heteroatoms. The quantitative estimate of drug-likeness (QED) is 0.506. The lowest BCUT2D eigenvalue weighted by Gasteiger charge is -2.43. The molecule has 0 unspecified atom stereocenters. The fourth-order valence-electron chi connectivity index (χ4n) is 4.21. The molecule has 1 aliphatic rings. The zero-order valence-electron chi connectivity index (χ0n) is 19.0. The maximum atomic E-state index is 13.6. The van der Waals surface area contributed by atoms with E-state index in [4.69, 9.17) is 21.6 Å². The first-order chi connectivity index (χ1) is 16.4. The summed E-state index contributed by atoms with van der Waals surface area (Å²) >= 11 is 6.67. The summed E-state index contributed by atoms with van der Waals surface area (Å²) in [6, 6.07) is 22.0. The zero-order valence-corrected chi connectivity index (χ0v) is 19.8. The number of halogens is 2. The maximum Gasteiger partial charge on any atom is 0.123 e. The standard InChI is InChI=1S/C27H27ClFN3O2/c1-19(33)18-34-24-10-11-26(25(28)14-24)32-13-12-31(16-21-4-2-20(15-30)3-5-21)17-27(32)22-6-8-23(29)9-7-22/h2-11,14,19,27,33H,12-13,16-18H2,1H3/t19-,27+/m1/s1. The molecule has 0 aromatic heterocycles. The van der Waals surface area contributed by atoms with Gasteiger partial charge in [0.2, 0.25) is 0 Å². The molecule has 1 saturated heterocycles. The molecule has 3 aromatic rings. The van der Waals surface area contributed by atoms with E-state index in [9.17, 15) is 9.50 Å². The Bertz CT molecular complexity index is 1150. The van der Waals surface area contributed by atoms with Crippen LogP contribution in [0.3, 0.4) is 0 Å². The van der Waals surface area contributed by atoms with Gasteiger partial charge < -0.3 is 14.7 Å². The van der Waals surface area contributed by atoms with Crippen molar-refractivity contribution in [2.75, 3.05) is 31.1 Å². The molecule has 1 aliphatic heterocycles. The predicted molar refractivity (Wildman–Crippen MR) is 132 cm³/mol. The minimum atomic E-state index is -0.564. The monoisotopic (exact) mass is 479 g/mol. The third-order valence-electron chi connectivity index (χ3n) is 5.93. The summed E-state index contributed by atoms with van der Waals surface area (Å²) in [6.45, 7) is 4.93. The van der Waals surface area contributed by atoms with Gasteiger partial charge >= 0.3 is 0 Å². The molecule has 0 aliphatic carbocycles. The van der Waals surface area contributed by atoms with Gasteiger partial charge in [0.25, 0.3) is 0 Å². The van der Waals surface area contributed by atoms with Crippen molar-refractivity contribution >= 4 is 17.3 Å². The average molecular weight is 480 g/mol. The van der Waals surface area contributed by atoms with Crippen LogP contribution in [0.25, 0.3) is 0 Å². The lowest BCUT2D eigenvalue weighted by Crippen LogP contribution is -2.48. The normalized spacial score (nSPS) is 17.3. The van der Waals surface area contributed by atoms with Crippen LogP contribution in [0.1, 0.15) is 29.7 Å². The predicted octanol–water partition coefficient (Wildman–Crippen LogP) is 5.17. The van der Waals surface area contributed by atoms with Gasteiger partial charge in [-0.3, -0.25) is 4.90 Å². The third kappa shape index (κ3) is 5.87. The highest BCUT2D eigenvalue weighted by atomic mass is 35.5. The molecule has 0 amide bonds. The molecule has 0 radical (unpaired) electrons. The summed E-state index contributed by atoms with van der Waals surface area (Å²) in [7, 11) is 0. The smallest absolute Gasteiger partial charge is 0.123 e. The second-order valence-electron chi connectivity index (χ2n) is 8.58. The molecule has 4 rings (SSSR count). The number of ether oxygens (including phenoxy) is 1. The third-order valence-corrected chi connectivity index (χ3v) is 6.23. The first-order valence-electron chi connectivity index (χ1n) is 11.3. The van der Waals surface area contributed by atoms with Crippen LogP contribution in [-0.2, 0) is 6.54 Å². The van der Waals surface area contributed by atoms with E-state index in [0.717, 1.165) is 43.0 Å². The maximum absolute atomic E-state index is 13.6. The van der Waals surface area contributed by atoms with Gasteiger partial charge in [-0.2, -0.15) is 5.26 Å². The van der Waals surface area contributed by atoms with Gasteiger partial charge in [0.1, 0.15) is 18.2 Å². The molecular formula is C27H27ClFN3O2. The van der Waals surface area contributed by atoms with Crippen molar-refractivity contribution in [1.29, 1.82) is 5.26 Å². The van der Waals surface area contributed by atoms with Crippen LogP contribution in [0.4, 0.5) is 10.1 Å². The number of hydrogen-bond donors (Lipinski definition) is 1. The van der Waals surface area contributed by atoms with Crippen LogP contribution in [0, 0.1) is 17.1 Å². The van der Waals surface area contributed by atoms with E-state index >= 15 is 0 Å². The topological polar surface area (TPSA) is 59.7 Å². The van der Waals surface area contributed by atoms with Crippen molar-refractivity contribution in [3.05, 3.63) is 94.3 Å². The molecule has 0 spiro atoms. The van der Waals surface area contributed by atoms with Crippen molar-refractivity contribution < 1.29 is 14.2 Å². The van der Waals surface area contributed by atoms with Gasteiger partial charge in [-0.05, 0) is 54.4 Å². The van der Waals surface area contributed by atoms with Crippen molar-refractivity contribution in [2.24, 2.45) is 0 Å². The molecule has 176 valence electrons. The van der Waals surface area contributed by atoms with Gasteiger partial charge in [-0.25, -0.2) is 4.39 Å². The van der Waals surface area contributed by atoms with Crippen molar-refractivity contribution in [2.45, 2.75) is 25.6 Å². The van der Waals surface area contributed by atoms with E-state index in [1.165, 1.54) is 12.1 Å². The van der Waals surface area contributed by atoms with Gasteiger partial charge in [-0.1, -0.05) is 35.9 Å². The summed E-state index contributed by atoms with van der Waals surface area (Å²) in [5.41, 5.74) is 3.69. The van der Waals surface area contributed by atoms with E-state index in [0.29, 0.717) is 16.3 Å². The Morgan fingerprint density at radius 2 is 1.85 bits per heavy atom. The number of anilines is 1. The fourth-order valence-corrected chi connectivity index (χ4v) is 4.49. The second-order valence-corrected chi connectivity index (χ2v) is 8.99. The van der Waals surface area contributed by atoms with Crippen LogP contribution in [0.5, 0.6) is 5.75 Å². The van der Waals surface area contributed by atoms with E-state index in [-0.39, 0.29) is 18.5 Å². The van der Waals surface area contributed by atoms with E-state index in [1.807, 2.05) is 48.5 Å². The molecule has 2 atom stereocenters. The molecule has 34 heavy (non-hydrogen) atoms. The van der Waals surface area contributed by atoms with Gasteiger partial charge in [0.15, 0.2) is 0 Å². The van der Waals surface area contributed by atoms with Crippen molar-refractivity contribution in [3.8, 4) is 11.8 Å². The van der Waals surface area contributed by atoms with Crippen molar-refractivity contribution in [1.82, 2.24) is 4.90 Å². The Balaban J connectivity index is 1.57. The molecule has 0 bridgehead atoms. The zero-order chi connectivity index (χ0) is 24.1. The molecule has 0 saturated carbocycles. The molecule has 1 heterocycles. The van der Waals surface area contributed by atoms with Crippen molar-refractivity contribution in [3.63, 3.8) is 0 Å². The number of nitriles is 1. The summed E-state index contributed by atoms with van der Waals surface area (Å²) < 4.78 is 19.2. The summed E-state index contributed by atoms with van der Waals surface area (Å²) in [4.78, 5) is 4.61. The highest BCUT2D eigenvalue weighted by Gasteiger charge is 2.30. The molecule has 3 aromatic carbocycles. The van der Waals surface area contributed by atoms with Crippen LogP contribution in [0.15, 0.2) is 66.7 Å². The fraction of sp³-hybridized carbons (Fsp3) is 0.296. The van der Waals surface area contributed by atoms with Gasteiger partial charge in [-0.15, -0.1) is 0 Å². The Morgan fingerprint density at radius 1 is 1.12 bits per heavy atom. The number of aliphatic hydroxyl groups is 1. The number of nitrogens with zero attached hydrogens (tertiary/aromatic N) is 3. The number of piperazine rings is 1. The Morgan fingerprint density at radius 3 is 2.50 bits per heavy atom. The largest absolute Gasteiger partial charge is 0.491 e. The van der Waals surface area contributed by atoms with Crippen LogP contribution in [-0.4, -0.2) is 42.4 Å². The number of aliphatic hydroxyl groups excluding tert-OH is 1. The second kappa shape index (κ2) is 10.9. The van der Waals surface area contributed by atoms with E-state index < -0.39 is 6.10 Å². The minimum absolute atomic E-state index is 0.0190. The van der Waals surface area contributed by atoms with Crippen LogP contribution < -0.4 is 9.64 Å². The molecular weight excluding hydrogens is 453 g/mol. The summed E-state index contributed by atoms with van der Waals surface area (Å²) in [6.07, 6.45) is -0.564. The Labute approximate surface area is 204 Å². The first-order valence-corrected chi connectivity index (χ1v) is 11.6. The summed E-state index contributed by atoms with van der Waals surface area (Å²) in [5, 5.41) is 19.1. The van der Waals surface area contributed by atoms with Crippen LogP contribution in [0.2, 0.25) is 5.02 Å². The number of rotatable bonds is 7. The van der Waals surface area contributed by atoms with E-state index in [2.05, 4.69) is 15.9 Å². The minimum Gasteiger partial charge on any atom is -0.491 e. The number of hydrogen-bond acceptors (Lipinski definition) is 5. The Kier molecular flexibility index (Phi) is 7.69. The lowest BCUT2D eigenvalue weighted by atomic mass is 10.0. The molecule has 5 nitrogen and oxygen atoms in total. The molecule has 1 N–H and O–H groups in total. The number of benzene rings is 3. The average Bonchev–Trinajstić information content (AvgIpc) is 2.84. The Hall–Kier alpha value is -3.11. The highest BCUT2D eigenvalue weighted by Crippen LogP contribution is 2.37.